The number of ether oxygens (including phenoxy) is 1. The SMILES string of the molecule is C[C@@H]1c2ncc(COCC3CCCC3)n2CCN1Cc1cnn(C)c1. The monoisotopic (exact) mass is 343 g/mol. The Morgan fingerprint density at radius 3 is 2.80 bits per heavy atom. The predicted molar refractivity (Wildman–Crippen MR) is 95.9 cm³/mol. The lowest BCUT2D eigenvalue weighted by molar-refractivity contribution is 0.0815. The number of hydrogen-bond donors (Lipinski definition) is 0. The summed E-state index contributed by atoms with van der Waals surface area (Å²) in [5.41, 5.74) is 2.48. The molecule has 2 aliphatic rings. The van der Waals surface area contributed by atoms with Crippen molar-refractivity contribution in [2.45, 2.75) is 58.3 Å². The van der Waals surface area contributed by atoms with E-state index in [1.807, 2.05) is 24.1 Å². The standard InChI is InChI=1S/C19H29N5O/c1-15-19-20-10-18(14-25-13-16-5-3-4-6-16)24(19)8-7-23(15)12-17-9-21-22(2)11-17/h9-11,15-16H,3-8,12-14H2,1-2H3/t15-/m1/s1. The molecule has 136 valence electrons. The fourth-order valence-corrected chi connectivity index (χ4v) is 4.23. The average molecular weight is 343 g/mol. The maximum absolute atomic E-state index is 6.00. The topological polar surface area (TPSA) is 48.1 Å². The van der Waals surface area contributed by atoms with Crippen molar-refractivity contribution in [1.29, 1.82) is 0 Å². The van der Waals surface area contributed by atoms with Gasteiger partial charge in [0.05, 0.1) is 30.7 Å². The Balaban J connectivity index is 1.36. The first-order valence-corrected chi connectivity index (χ1v) is 9.54. The molecule has 1 saturated carbocycles. The summed E-state index contributed by atoms with van der Waals surface area (Å²) in [5, 5.41) is 4.27. The highest BCUT2D eigenvalue weighted by Crippen LogP contribution is 2.28. The van der Waals surface area contributed by atoms with Crippen molar-refractivity contribution in [3.05, 3.63) is 35.7 Å². The Morgan fingerprint density at radius 1 is 1.20 bits per heavy atom. The summed E-state index contributed by atoms with van der Waals surface area (Å²) in [5.74, 6) is 1.94. The molecule has 1 aliphatic heterocycles. The second-order valence-electron chi connectivity index (χ2n) is 7.59. The molecule has 6 nitrogen and oxygen atoms in total. The molecular weight excluding hydrogens is 314 g/mol. The van der Waals surface area contributed by atoms with Gasteiger partial charge < -0.3 is 9.30 Å². The maximum atomic E-state index is 6.00. The summed E-state index contributed by atoms with van der Waals surface area (Å²) in [7, 11) is 1.97. The number of imidazole rings is 1. The fraction of sp³-hybridized carbons (Fsp3) is 0.684. The largest absolute Gasteiger partial charge is 0.375 e. The van der Waals surface area contributed by atoms with Crippen LogP contribution in [0.25, 0.3) is 0 Å². The number of nitrogens with zero attached hydrogens (tertiary/aromatic N) is 5. The van der Waals surface area contributed by atoms with E-state index in [0.29, 0.717) is 12.6 Å². The van der Waals surface area contributed by atoms with Crippen LogP contribution in [0, 0.1) is 5.92 Å². The van der Waals surface area contributed by atoms with Crippen LogP contribution < -0.4 is 0 Å². The summed E-state index contributed by atoms with van der Waals surface area (Å²) in [6, 6.07) is 0.317. The van der Waals surface area contributed by atoms with Crippen LogP contribution in [0.2, 0.25) is 0 Å². The van der Waals surface area contributed by atoms with Crippen molar-refractivity contribution >= 4 is 0 Å². The van der Waals surface area contributed by atoms with Crippen molar-refractivity contribution in [2.75, 3.05) is 13.2 Å². The van der Waals surface area contributed by atoms with Gasteiger partial charge in [0.15, 0.2) is 0 Å². The van der Waals surface area contributed by atoms with Gasteiger partial charge in [-0.3, -0.25) is 9.58 Å². The Hall–Kier alpha value is -1.66. The molecule has 0 saturated heterocycles. The third-order valence-electron chi connectivity index (χ3n) is 5.72. The molecule has 0 radical (unpaired) electrons. The van der Waals surface area contributed by atoms with Crippen molar-refractivity contribution in [2.24, 2.45) is 13.0 Å². The van der Waals surface area contributed by atoms with Gasteiger partial charge in [-0.15, -0.1) is 0 Å². The number of fused-ring (bicyclic) bond motifs is 1. The minimum atomic E-state index is 0.317. The molecule has 6 heteroatoms. The van der Waals surface area contributed by atoms with Crippen LogP contribution >= 0.6 is 0 Å². The summed E-state index contributed by atoms with van der Waals surface area (Å²) in [4.78, 5) is 7.18. The summed E-state index contributed by atoms with van der Waals surface area (Å²) >= 11 is 0. The van der Waals surface area contributed by atoms with Gasteiger partial charge in [-0.1, -0.05) is 12.8 Å². The van der Waals surface area contributed by atoms with Crippen molar-refractivity contribution in [1.82, 2.24) is 24.2 Å². The van der Waals surface area contributed by atoms with Gasteiger partial charge in [0, 0.05) is 45.0 Å². The van der Waals surface area contributed by atoms with Crippen LogP contribution in [-0.4, -0.2) is 37.4 Å². The molecule has 3 heterocycles. The highest BCUT2D eigenvalue weighted by atomic mass is 16.5. The molecule has 2 aromatic heterocycles. The van der Waals surface area contributed by atoms with Crippen LogP contribution in [0.5, 0.6) is 0 Å². The van der Waals surface area contributed by atoms with E-state index in [9.17, 15) is 0 Å². The first-order chi connectivity index (χ1) is 12.2. The lowest BCUT2D eigenvalue weighted by Gasteiger charge is -2.34. The van der Waals surface area contributed by atoms with E-state index in [1.54, 1.807) is 0 Å². The first-order valence-electron chi connectivity index (χ1n) is 9.54. The average Bonchev–Trinajstić information content (AvgIpc) is 3.33. The molecule has 0 bridgehead atoms. The summed E-state index contributed by atoms with van der Waals surface area (Å²) in [6.07, 6.45) is 11.5. The molecular formula is C19H29N5O. The molecule has 4 rings (SSSR count). The molecule has 0 unspecified atom stereocenters. The van der Waals surface area contributed by atoms with E-state index in [0.717, 1.165) is 38.0 Å². The number of hydrogen-bond acceptors (Lipinski definition) is 4. The zero-order chi connectivity index (χ0) is 17.2. The Bertz CT molecular complexity index is 700. The third-order valence-corrected chi connectivity index (χ3v) is 5.72. The number of rotatable bonds is 6. The van der Waals surface area contributed by atoms with Gasteiger partial charge in [0.25, 0.3) is 0 Å². The molecule has 0 amide bonds. The summed E-state index contributed by atoms with van der Waals surface area (Å²) in [6.45, 7) is 6.80. The minimum Gasteiger partial charge on any atom is -0.375 e. The predicted octanol–water partition coefficient (Wildman–Crippen LogP) is 2.90. The van der Waals surface area contributed by atoms with E-state index in [2.05, 4.69) is 27.7 Å². The maximum Gasteiger partial charge on any atom is 0.126 e. The highest BCUT2D eigenvalue weighted by Gasteiger charge is 2.27. The molecule has 25 heavy (non-hydrogen) atoms. The van der Waals surface area contributed by atoms with Gasteiger partial charge in [0.2, 0.25) is 0 Å². The molecule has 1 atom stereocenters. The van der Waals surface area contributed by atoms with Crippen LogP contribution in [0.15, 0.2) is 18.6 Å². The van der Waals surface area contributed by atoms with Gasteiger partial charge in [-0.25, -0.2) is 4.98 Å². The molecule has 2 aromatic rings. The molecule has 0 spiro atoms. The summed E-state index contributed by atoms with van der Waals surface area (Å²) < 4.78 is 10.2. The van der Waals surface area contributed by atoms with Crippen LogP contribution in [0.3, 0.4) is 0 Å². The van der Waals surface area contributed by atoms with E-state index in [-0.39, 0.29) is 0 Å². The fourth-order valence-electron chi connectivity index (χ4n) is 4.23. The third kappa shape index (κ3) is 3.65. The first kappa shape index (κ1) is 16.8. The zero-order valence-corrected chi connectivity index (χ0v) is 15.4. The van der Waals surface area contributed by atoms with Gasteiger partial charge >= 0.3 is 0 Å². The Morgan fingerprint density at radius 2 is 2.04 bits per heavy atom. The minimum absolute atomic E-state index is 0.317. The van der Waals surface area contributed by atoms with E-state index in [4.69, 9.17) is 9.72 Å². The smallest absolute Gasteiger partial charge is 0.126 e. The lowest BCUT2D eigenvalue weighted by atomic mass is 10.1. The van der Waals surface area contributed by atoms with Gasteiger partial charge in [0.1, 0.15) is 5.82 Å². The number of aromatic nitrogens is 4. The molecule has 0 aromatic carbocycles. The molecule has 1 fully saturated rings. The Kier molecular flexibility index (Phi) is 4.90. The quantitative estimate of drug-likeness (QED) is 0.809. The van der Waals surface area contributed by atoms with Crippen LogP contribution in [0.1, 0.15) is 55.7 Å². The highest BCUT2D eigenvalue weighted by molar-refractivity contribution is 5.12. The Labute approximate surface area is 149 Å². The van der Waals surface area contributed by atoms with E-state index in [1.165, 1.54) is 36.9 Å². The van der Waals surface area contributed by atoms with E-state index >= 15 is 0 Å². The van der Waals surface area contributed by atoms with Gasteiger partial charge in [-0.05, 0) is 25.7 Å². The van der Waals surface area contributed by atoms with Crippen molar-refractivity contribution in [3.8, 4) is 0 Å². The number of aryl methyl sites for hydroxylation is 1. The lowest BCUT2D eigenvalue weighted by Crippen LogP contribution is -2.37. The normalized spacial score (nSPS) is 21.8. The molecule has 0 N–H and O–H groups in total. The van der Waals surface area contributed by atoms with Gasteiger partial charge in [-0.2, -0.15) is 5.10 Å². The second-order valence-corrected chi connectivity index (χ2v) is 7.59. The van der Waals surface area contributed by atoms with Crippen molar-refractivity contribution in [3.63, 3.8) is 0 Å². The van der Waals surface area contributed by atoms with Crippen molar-refractivity contribution < 1.29 is 4.74 Å². The zero-order valence-electron chi connectivity index (χ0n) is 15.4. The molecule has 1 aliphatic carbocycles. The second kappa shape index (κ2) is 7.30. The van der Waals surface area contributed by atoms with Crippen LogP contribution in [-0.2, 0) is 31.5 Å². The van der Waals surface area contributed by atoms with Crippen LogP contribution in [0.4, 0.5) is 0 Å². The van der Waals surface area contributed by atoms with E-state index < -0.39 is 0 Å².